The van der Waals surface area contributed by atoms with Crippen LogP contribution in [0.2, 0.25) is 0 Å². The Morgan fingerprint density at radius 2 is 2.15 bits per heavy atom. The van der Waals surface area contributed by atoms with Crippen molar-refractivity contribution in [3.63, 3.8) is 0 Å². The normalized spacial score (nSPS) is 12.2. The Balaban J connectivity index is 2.45. The summed E-state index contributed by atoms with van der Waals surface area (Å²) in [6.07, 6.45) is 0.621. The maximum atomic E-state index is 11.8. The summed E-state index contributed by atoms with van der Waals surface area (Å²) in [5.74, 6) is -0.245. The van der Waals surface area contributed by atoms with Crippen LogP contribution in [0.25, 0.3) is 0 Å². The highest BCUT2D eigenvalue weighted by Gasteiger charge is 2.20. The first-order chi connectivity index (χ1) is 9.42. The molecule has 0 radical (unpaired) electrons. The van der Waals surface area contributed by atoms with Gasteiger partial charge in [0.25, 0.3) is 0 Å². The van der Waals surface area contributed by atoms with Crippen LogP contribution in [0.5, 0.6) is 0 Å². The first-order valence-electron chi connectivity index (χ1n) is 6.45. The number of carbonyl (C=O) groups excluding carboxylic acids is 2. The van der Waals surface area contributed by atoms with Gasteiger partial charge < -0.3 is 10.1 Å². The smallest absolute Gasteiger partial charge is 0.322 e. The minimum Gasteiger partial charge on any atom is -0.468 e. The van der Waals surface area contributed by atoms with Gasteiger partial charge in [-0.15, -0.1) is 11.3 Å². The van der Waals surface area contributed by atoms with E-state index in [1.165, 1.54) is 18.4 Å². The summed E-state index contributed by atoms with van der Waals surface area (Å²) < 4.78 is 4.72. The number of nitrogens with zero attached hydrogens (tertiary/aromatic N) is 1. The lowest BCUT2D eigenvalue weighted by Gasteiger charge is -2.17. The van der Waals surface area contributed by atoms with Crippen LogP contribution in [0.1, 0.15) is 26.0 Å². The van der Waals surface area contributed by atoms with E-state index < -0.39 is 6.04 Å². The summed E-state index contributed by atoms with van der Waals surface area (Å²) in [4.78, 5) is 27.5. The zero-order valence-corrected chi connectivity index (χ0v) is 13.0. The summed E-state index contributed by atoms with van der Waals surface area (Å²) in [5.41, 5.74) is 0.866. The highest BCUT2D eigenvalue weighted by Crippen LogP contribution is 2.14. The van der Waals surface area contributed by atoms with Gasteiger partial charge in [-0.3, -0.25) is 14.9 Å². The zero-order valence-electron chi connectivity index (χ0n) is 12.2. The van der Waals surface area contributed by atoms with Crippen molar-refractivity contribution in [2.75, 3.05) is 19.0 Å². The van der Waals surface area contributed by atoms with Gasteiger partial charge in [-0.1, -0.05) is 13.8 Å². The van der Waals surface area contributed by atoms with Crippen LogP contribution in [0.15, 0.2) is 5.38 Å². The molecule has 7 heteroatoms. The topological polar surface area (TPSA) is 80.3 Å². The molecular weight excluding hydrogens is 278 g/mol. The van der Waals surface area contributed by atoms with Crippen molar-refractivity contribution >= 4 is 28.3 Å². The number of thiazole rings is 1. The molecule has 1 rings (SSSR count). The van der Waals surface area contributed by atoms with E-state index >= 15 is 0 Å². The van der Waals surface area contributed by atoms with Gasteiger partial charge in [0, 0.05) is 5.38 Å². The Hall–Kier alpha value is -1.47. The molecule has 0 saturated heterocycles. The molecule has 6 nitrogen and oxygen atoms in total. The number of hydrogen-bond donors (Lipinski definition) is 2. The zero-order chi connectivity index (χ0) is 15.1. The fourth-order valence-corrected chi connectivity index (χ4v) is 2.37. The summed E-state index contributed by atoms with van der Waals surface area (Å²) in [6, 6.07) is -0.469. The van der Waals surface area contributed by atoms with E-state index in [0.717, 1.165) is 5.69 Å². The second-order valence-electron chi connectivity index (χ2n) is 4.93. The predicted octanol–water partition coefficient (Wildman–Crippen LogP) is 1.57. The average Bonchev–Trinajstić information content (AvgIpc) is 2.78. The number of amides is 1. The van der Waals surface area contributed by atoms with E-state index in [4.69, 9.17) is 4.74 Å². The van der Waals surface area contributed by atoms with Gasteiger partial charge in [0.15, 0.2) is 5.13 Å². The Bertz CT molecular complexity index is 459. The van der Waals surface area contributed by atoms with Crippen molar-refractivity contribution < 1.29 is 14.3 Å². The molecule has 1 atom stereocenters. The van der Waals surface area contributed by atoms with Gasteiger partial charge in [-0.2, -0.15) is 0 Å². The van der Waals surface area contributed by atoms with E-state index in [9.17, 15) is 9.59 Å². The van der Waals surface area contributed by atoms with Gasteiger partial charge in [-0.25, -0.2) is 4.98 Å². The SMILES string of the molecule is COC(=O)C(CC(C)C)NCC(=O)Nc1nc(C)cs1. The molecule has 0 aliphatic heterocycles. The van der Waals surface area contributed by atoms with Crippen LogP contribution in [-0.2, 0) is 14.3 Å². The van der Waals surface area contributed by atoms with Crippen molar-refractivity contribution in [1.82, 2.24) is 10.3 Å². The van der Waals surface area contributed by atoms with Crippen LogP contribution in [0, 0.1) is 12.8 Å². The van der Waals surface area contributed by atoms with E-state index in [1.54, 1.807) is 0 Å². The third-order valence-corrected chi connectivity index (χ3v) is 3.44. The number of ether oxygens (including phenoxy) is 1. The first-order valence-corrected chi connectivity index (χ1v) is 7.33. The lowest BCUT2D eigenvalue weighted by Crippen LogP contribution is -2.42. The summed E-state index contributed by atoms with van der Waals surface area (Å²) >= 11 is 1.37. The van der Waals surface area contributed by atoms with Gasteiger partial charge in [0.1, 0.15) is 6.04 Å². The predicted molar refractivity (Wildman–Crippen MR) is 78.7 cm³/mol. The van der Waals surface area contributed by atoms with Gasteiger partial charge in [-0.05, 0) is 19.3 Å². The van der Waals surface area contributed by atoms with Crippen molar-refractivity contribution in [1.29, 1.82) is 0 Å². The van der Waals surface area contributed by atoms with Crippen LogP contribution in [-0.4, -0.2) is 36.6 Å². The highest BCUT2D eigenvalue weighted by molar-refractivity contribution is 7.13. The first kappa shape index (κ1) is 16.6. The molecule has 112 valence electrons. The summed E-state index contributed by atoms with van der Waals surface area (Å²) in [7, 11) is 1.34. The molecule has 0 aliphatic rings. The van der Waals surface area contributed by atoms with E-state index in [-0.39, 0.29) is 18.4 Å². The molecule has 0 aromatic carbocycles. The molecule has 1 heterocycles. The number of aromatic nitrogens is 1. The lowest BCUT2D eigenvalue weighted by molar-refractivity contribution is -0.143. The Labute approximate surface area is 122 Å². The summed E-state index contributed by atoms with van der Waals surface area (Å²) in [6.45, 7) is 5.93. The molecule has 1 unspecified atom stereocenters. The second-order valence-corrected chi connectivity index (χ2v) is 5.79. The number of rotatable bonds is 7. The molecule has 0 fully saturated rings. The third kappa shape index (κ3) is 5.66. The molecular formula is C13H21N3O3S. The minimum atomic E-state index is -0.469. The molecule has 1 aromatic heterocycles. The number of carbonyl (C=O) groups is 2. The number of hydrogen-bond acceptors (Lipinski definition) is 6. The number of esters is 1. The van der Waals surface area contributed by atoms with E-state index in [2.05, 4.69) is 15.6 Å². The molecule has 0 spiro atoms. The number of anilines is 1. The number of aryl methyl sites for hydroxylation is 1. The fourth-order valence-electron chi connectivity index (χ4n) is 1.67. The van der Waals surface area contributed by atoms with Gasteiger partial charge >= 0.3 is 5.97 Å². The van der Waals surface area contributed by atoms with Gasteiger partial charge in [0.2, 0.25) is 5.91 Å². The molecule has 1 amide bonds. The van der Waals surface area contributed by atoms with Crippen LogP contribution >= 0.6 is 11.3 Å². The average molecular weight is 299 g/mol. The standard InChI is InChI=1S/C13H21N3O3S/c1-8(2)5-10(12(18)19-4)14-6-11(17)16-13-15-9(3)7-20-13/h7-8,10,14H,5-6H2,1-4H3,(H,15,16,17). The number of nitrogens with one attached hydrogen (secondary N) is 2. The van der Waals surface area contributed by atoms with Crippen molar-refractivity contribution in [3.05, 3.63) is 11.1 Å². The monoisotopic (exact) mass is 299 g/mol. The largest absolute Gasteiger partial charge is 0.468 e. The molecule has 20 heavy (non-hydrogen) atoms. The quantitative estimate of drug-likeness (QED) is 0.747. The second kappa shape index (κ2) is 7.96. The van der Waals surface area contributed by atoms with Crippen LogP contribution in [0.3, 0.4) is 0 Å². The minimum absolute atomic E-state index is 0.0467. The fraction of sp³-hybridized carbons (Fsp3) is 0.615. The number of methoxy groups -OCH3 is 1. The van der Waals surface area contributed by atoms with Gasteiger partial charge in [0.05, 0.1) is 19.3 Å². The van der Waals surface area contributed by atoms with E-state index in [0.29, 0.717) is 17.5 Å². The van der Waals surface area contributed by atoms with Crippen molar-refractivity contribution in [2.24, 2.45) is 5.92 Å². The Kier molecular flexibility index (Phi) is 6.60. The van der Waals surface area contributed by atoms with Crippen LogP contribution < -0.4 is 10.6 Å². The van der Waals surface area contributed by atoms with Crippen LogP contribution in [0.4, 0.5) is 5.13 Å². The van der Waals surface area contributed by atoms with E-state index in [1.807, 2.05) is 26.2 Å². The molecule has 1 aromatic rings. The summed E-state index contributed by atoms with van der Waals surface area (Å²) in [5, 5.41) is 8.02. The molecule has 0 saturated carbocycles. The Morgan fingerprint density at radius 1 is 1.45 bits per heavy atom. The third-order valence-electron chi connectivity index (χ3n) is 2.57. The van der Waals surface area contributed by atoms with Crippen molar-refractivity contribution in [3.8, 4) is 0 Å². The van der Waals surface area contributed by atoms with Crippen molar-refractivity contribution in [2.45, 2.75) is 33.2 Å². The molecule has 0 aliphatic carbocycles. The molecule has 0 bridgehead atoms. The Morgan fingerprint density at radius 3 is 2.65 bits per heavy atom. The lowest BCUT2D eigenvalue weighted by atomic mass is 10.0. The highest BCUT2D eigenvalue weighted by atomic mass is 32.1. The maximum absolute atomic E-state index is 11.8. The maximum Gasteiger partial charge on any atom is 0.322 e. The molecule has 2 N–H and O–H groups in total.